The number of nitrogens with zero attached hydrogens (tertiary/aromatic N) is 1. The lowest BCUT2D eigenvalue weighted by molar-refractivity contribution is 0.0688. The molecule has 0 aliphatic carbocycles. The third kappa shape index (κ3) is 5.36. The van der Waals surface area contributed by atoms with Crippen molar-refractivity contribution < 1.29 is 9.84 Å². The molecule has 2 aromatic carbocycles. The van der Waals surface area contributed by atoms with Gasteiger partial charge in [-0.05, 0) is 43.1 Å². The Balaban J connectivity index is 1.92. The average molecular weight is 327 g/mol. The van der Waals surface area contributed by atoms with Crippen LogP contribution in [0.15, 0.2) is 54.6 Å². The summed E-state index contributed by atoms with van der Waals surface area (Å²) in [6, 6.07) is 18.1. The van der Waals surface area contributed by atoms with Crippen molar-refractivity contribution in [2.75, 3.05) is 13.7 Å². The predicted octanol–water partition coefficient (Wildman–Crippen LogP) is 4.28. The van der Waals surface area contributed by atoms with Gasteiger partial charge in [-0.3, -0.25) is 4.90 Å². The fourth-order valence-electron chi connectivity index (χ4n) is 2.56. The van der Waals surface area contributed by atoms with E-state index in [-0.39, 0.29) is 6.04 Å². The van der Waals surface area contributed by atoms with Gasteiger partial charge in [0, 0.05) is 12.6 Å². The first-order valence-corrected chi connectivity index (χ1v) is 8.62. The Bertz CT molecular complexity index is 595. The van der Waals surface area contributed by atoms with E-state index in [0.29, 0.717) is 5.92 Å². The summed E-state index contributed by atoms with van der Waals surface area (Å²) in [6.45, 7) is 7.86. The van der Waals surface area contributed by atoms with Crippen LogP contribution < -0.4 is 4.74 Å². The summed E-state index contributed by atoms with van der Waals surface area (Å²) in [7, 11) is 2.04. The number of ether oxygens (including phenoxy) is 1. The Morgan fingerprint density at radius 3 is 2.17 bits per heavy atom. The van der Waals surface area contributed by atoms with Crippen molar-refractivity contribution >= 4 is 0 Å². The molecule has 0 aliphatic rings. The summed E-state index contributed by atoms with van der Waals surface area (Å²) in [5.74, 6) is 1.43. The van der Waals surface area contributed by atoms with Crippen LogP contribution in [0.25, 0.3) is 0 Å². The van der Waals surface area contributed by atoms with Crippen LogP contribution in [0.2, 0.25) is 0 Å². The molecule has 0 aliphatic heterocycles. The van der Waals surface area contributed by atoms with Gasteiger partial charge < -0.3 is 9.84 Å². The van der Waals surface area contributed by atoms with Crippen molar-refractivity contribution in [3.8, 4) is 5.75 Å². The molecule has 130 valence electrons. The summed E-state index contributed by atoms with van der Waals surface area (Å²) in [5, 5.41) is 10.5. The minimum Gasteiger partial charge on any atom is -0.493 e. The lowest BCUT2D eigenvalue weighted by Crippen LogP contribution is -2.33. The van der Waals surface area contributed by atoms with Crippen LogP contribution in [-0.4, -0.2) is 29.7 Å². The SMILES string of the molecule is CC(C)COc1ccc(CN(C)C(C)C(O)c2ccccc2)cc1. The van der Waals surface area contributed by atoms with E-state index in [4.69, 9.17) is 4.74 Å². The second kappa shape index (κ2) is 8.86. The van der Waals surface area contributed by atoms with Crippen LogP contribution in [0.5, 0.6) is 5.75 Å². The van der Waals surface area contributed by atoms with Crippen molar-refractivity contribution in [1.29, 1.82) is 0 Å². The highest BCUT2D eigenvalue weighted by Crippen LogP contribution is 2.22. The van der Waals surface area contributed by atoms with Gasteiger partial charge in [0.2, 0.25) is 0 Å². The first kappa shape index (κ1) is 18.5. The van der Waals surface area contributed by atoms with E-state index >= 15 is 0 Å². The zero-order chi connectivity index (χ0) is 17.5. The molecule has 2 unspecified atom stereocenters. The van der Waals surface area contributed by atoms with Gasteiger partial charge in [0.05, 0.1) is 12.7 Å². The maximum absolute atomic E-state index is 10.5. The van der Waals surface area contributed by atoms with Gasteiger partial charge in [0.1, 0.15) is 5.75 Å². The average Bonchev–Trinajstić information content (AvgIpc) is 2.60. The predicted molar refractivity (Wildman–Crippen MR) is 99.1 cm³/mol. The fraction of sp³-hybridized carbons (Fsp3) is 0.429. The Labute approximate surface area is 145 Å². The number of aliphatic hydroxyl groups is 1. The first-order valence-electron chi connectivity index (χ1n) is 8.62. The minimum absolute atomic E-state index is 0.0317. The Kier molecular flexibility index (Phi) is 6.83. The summed E-state index contributed by atoms with van der Waals surface area (Å²) < 4.78 is 5.72. The highest BCUT2D eigenvalue weighted by Gasteiger charge is 2.20. The van der Waals surface area contributed by atoms with Gasteiger partial charge in [-0.25, -0.2) is 0 Å². The molecular weight excluding hydrogens is 298 g/mol. The van der Waals surface area contributed by atoms with Gasteiger partial charge >= 0.3 is 0 Å². The van der Waals surface area contributed by atoms with Gasteiger partial charge in [-0.15, -0.1) is 0 Å². The van der Waals surface area contributed by atoms with Crippen molar-refractivity contribution in [3.63, 3.8) is 0 Å². The highest BCUT2D eigenvalue weighted by molar-refractivity contribution is 5.27. The van der Waals surface area contributed by atoms with Crippen molar-refractivity contribution in [3.05, 3.63) is 65.7 Å². The molecule has 0 bridgehead atoms. The summed E-state index contributed by atoms with van der Waals surface area (Å²) in [4.78, 5) is 2.17. The number of rotatable bonds is 8. The second-order valence-corrected chi connectivity index (χ2v) is 6.86. The Hall–Kier alpha value is -1.84. The monoisotopic (exact) mass is 327 g/mol. The van der Waals surface area contributed by atoms with Crippen LogP contribution in [-0.2, 0) is 6.54 Å². The molecule has 0 amide bonds. The smallest absolute Gasteiger partial charge is 0.119 e. The Morgan fingerprint density at radius 1 is 0.958 bits per heavy atom. The lowest BCUT2D eigenvalue weighted by atomic mass is 10.0. The van der Waals surface area contributed by atoms with E-state index in [0.717, 1.165) is 24.5 Å². The zero-order valence-electron chi connectivity index (χ0n) is 15.1. The molecule has 0 saturated carbocycles. The number of hydrogen-bond donors (Lipinski definition) is 1. The number of likely N-dealkylation sites (N-methyl/N-ethyl adjacent to an activating group) is 1. The van der Waals surface area contributed by atoms with Crippen molar-refractivity contribution in [1.82, 2.24) is 4.90 Å². The molecule has 3 heteroatoms. The number of hydrogen-bond acceptors (Lipinski definition) is 3. The first-order chi connectivity index (χ1) is 11.5. The highest BCUT2D eigenvalue weighted by atomic mass is 16.5. The van der Waals surface area contributed by atoms with Crippen LogP contribution in [0.4, 0.5) is 0 Å². The maximum Gasteiger partial charge on any atom is 0.119 e. The largest absolute Gasteiger partial charge is 0.493 e. The summed E-state index contributed by atoms with van der Waals surface area (Å²) in [6.07, 6.45) is -0.496. The van der Waals surface area contributed by atoms with Crippen LogP contribution >= 0.6 is 0 Å². The molecule has 0 aromatic heterocycles. The molecule has 2 atom stereocenters. The molecule has 0 fully saturated rings. The summed E-state index contributed by atoms with van der Waals surface area (Å²) in [5.41, 5.74) is 2.16. The second-order valence-electron chi connectivity index (χ2n) is 6.86. The van der Waals surface area contributed by atoms with E-state index in [9.17, 15) is 5.11 Å². The molecule has 2 aromatic rings. The lowest BCUT2D eigenvalue weighted by Gasteiger charge is -2.29. The number of aliphatic hydroxyl groups excluding tert-OH is 1. The standard InChI is InChI=1S/C21H29NO2/c1-16(2)15-24-20-12-10-18(11-13-20)14-22(4)17(3)21(23)19-8-6-5-7-9-19/h5-13,16-17,21,23H,14-15H2,1-4H3. The van der Waals surface area contributed by atoms with Gasteiger partial charge in [0.15, 0.2) is 0 Å². The zero-order valence-corrected chi connectivity index (χ0v) is 15.1. The van der Waals surface area contributed by atoms with Gasteiger partial charge in [0.25, 0.3) is 0 Å². The third-order valence-electron chi connectivity index (χ3n) is 4.23. The molecule has 0 spiro atoms. The van der Waals surface area contributed by atoms with Gasteiger partial charge in [-0.1, -0.05) is 56.3 Å². The van der Waals surface area contributed by atoms with E-state index in [1.807, 2.05) is 49.5 Å². The fourth-order valence-corrected chi connectivity index (χ4v) is 2.56. The van der Waals surface area contributed by atoms with Crippen molar-refractivity contribution in [2.45, 2.75) is 39.5 Å². The molecule has 2 rings (SSSR count). The molecule has 0 radical (unpaired) electrons. The van der Waals surface area contributed by atoms with E-state index in [1.165, 1.54) is 5.56 Å². The van der Waals surface area contributed by atoms with E-state index in [1.54, 1.807) is 0 Å². The van der Waals surface area contributed by atoms with E-state index < -0.39 is 6.10 Å². The summed E-state index contributed by atoms with van der Waals surface area (Å²) >= 11 is 0. The number of benzene rings is 2. The van der Waals surface area contributed by atoms with Crippen LogP contribution in [0.1, 0.15) is 38.0 Å². The Morgan fingerprint density at radius 2 is 1.58 bits per heavy atom. The molecule has 24 heavy (non-hydrogen) atoms. The van der Waals surface area contributed by atoms with Gasteiger partial charge in [-0.2, -0.15) is 0 Å². The topological polar surface area (TPSA) is 32.7 Å². The van der Waals surface area contributed by atoms with Crippen molar-refractivity contribution in [2.24, 2.45) is 5.92 Å². The molecule has 0 heterocycles. The van der Waals surface area contributed by atoms with Crippen LogP contribution in [0, 0.1) is 5.92 Å². The normalized spacial score (nSPS) is 14.0. The molecule has 1 N–H and O–H groups in total. The quantitative estimate of drug-likeness (QED) is 0.786. The van der Waals surface area contributed by atoms with Crippen LogP contribution in [0.3, 0.4) is 0 Å². The molecule has 3 nitrogen and oxygen atoms in total. The maximum atomic E-state index is 10.5. The molecule has 0 saturated heterocycles. The minimum atomic E-state index is -0.496. The molecular formula is C21H29NO2. The van der Waals surface area contributed by atoms with E-state index in [2.05, 4.69) is 37.8 Å². The third-order valence-corrected chi connectivity index (χ3v) is 4.23.